The number of aromatic nitrogens is 1. The van der Waals surface area contributed by atoms with Gasteiger partial charge in [0.1, 0.15) is 6.54 Å². The van der Waals surface area contributed by atoms with Gasteiger partial charge in [0, 0.05) is 49.5 Å². The summed E-state index contributed by atoms with van der Waals surface area (Å²) in [5.74, 6) is -2.16. The highest BCUT2D eigenvalue weighted by atomic mass is 32.2. The van der Waals surface area contributed by atoms with Crippen LogP contribution in [0.4, 0.5) is 22.0 Å². The standard InChI is InChI=1S/C40H38F5N3O3S/c1-51-22-21-46-20-7-6-15-36(46)48(24-28-9-2-3-11-31(28)27-16-18-30(19-17-27)40(43,44)45)37(50)25-47-34-14-5-4-12-32(34)35(49)23-38(47)52-26-29-10-8-13-33(41)39(29)42/h2-5,8-14,16-19,23,36H,6-7,15,20-22,24-26H2,1H3. The molecule has 0 spiro atoms. The Morgan fingerprint density at radius 1 is 0.923 bits per heavy atom. The number of benzene rings is 4. The molecule has 0 aliphatic carbocycles. The number of pyridine rings is 1. The number of amides is 1. The lowest BCUT2D eigenvalue weighted by Crippen LogP contribution is -2.54. The minimum Gasteiger partial charge on any atom is -0.383 e. The lowest BCUT2D eigenvalue weighted by Gasteiger charge is -2.43. The number of carbonyl (C=O) groups excluding carboxylic acids is 1. The van der Waals surface area contributed by atoms with Crippen LogP contribution in [0, 0.1) is 11.6 Å². The second-order valence-electron chi connectivity index (χ2n) is 12.7. The van der Waals surface area contributed by atoms with Crippen molar-refractivity contribution >= 4 is 28.6 Å². The van der Waals surface area contributed by atoms with Crippen molar-refractivity contribution in [2.24, 2.45) is 0 Å². The molecule has 2 heterocycles. The van der Waals surface area contributed by atoms with Crippen molar-refractivity contribution in [3.05, 3.63) is 136 Å². The molecule has 1 aliphatic rings. The normalized spacial score (nSPS) is 15.2. The Bertz CT molecular complexity index is 2090. The minimum atomic E-state index is -4.47. The summed E-state index contributed by atoms with van der Waals surface area (Å²) in [6.45, 7) is 1.81. The number of rotatable bonds is 12. The van der Waals surface area contributed by atoms with Crippen LogP contribution in [0.25, 0.3) is 22.0 Å². The molecule has 1 unspecified atom stereocenters. The van der Waals surface area contributed by atoms with Gasteiger partial charge in [-0.2, -0.15) is 13.2 Å². The number of nitrogens with zero attached hydrogens (tertiary/aromatic N) is 3. The molecule has 272 valence electrons. The second kappa shape index (κ2) is 16.4. The molecule has 1 fully saturated rings. The van der Waals surface area contributed by atoms with Crippen LogP contribution in [0.15, 0.2) is 107 Å². The van der Waals surface area contributed by atoms with Crippen molar-refractivity contribution in [1.29, 1.82) is 0 Å². The predicted octanol–water partition coefficient (Wildman–Crippen LogP) is 8.75. The Balaban J connectivity index is 1.39. The number of para-hydroxylation sites is 1. The van der Waals surface area contributed by atoms with Crippen molar-refractivity contribution < 1.29 is 31.5 Å². The first-order chi connectivity index (χ1) is 25.0. The van der Waals surface area contributed by atoms with E-state index in [0.29, 0.717) is 46.6 Å². The van der Waals surface area contributed by atoms with Crippen molar-refractivity contribution in [2.75, 3.05) is 26.8 Å². The van der Waals surface area contributed by atoms with Crippen molar-refractivity contribution in [2.45, 2.75) is 55.5 Å². The first-order valence-electron chi connectivity index (χ1n) is 17.0. The summed E-state index contributed by atoms with van der Waals surface area (Å²) in [5.41, 5.74) is 1.69. The molecule has 52 heavy (non-hydrogen) atoms. The van der Waals surface area contributed by atoms with Crippen LogP contribution in [0.2, 0.25) is 0 Å². The summed E-state index contributed by atoms with van der Waals surface area (Å²) in [6, 6.07) is 24.7. The van der Waals surface area contributed by atoms with Crippen LogP contribution < -0.4 is 5.43 Å². The molecule has 5 aromatic rings. The zero-order chi connectivity index (χ0) is 36.8. The maximum Gasteiger partial charge on any atom is 0.416 e. The summed E-state index contributed by atoms with van der Waals surface area (Å²) in [6.07, 6.45) is -2.24. The van der Waals surface area contributed by atoms with Gasteiger partial charge in [-0.25, -0.2) is 8.78 Å². The summed E-state index contributed by atoms with van der Waals surface area (Å²) >= 11 is 1.14. The maximum absolute atomic E-state index is 14.8. The lowest BCUT2D eigenvalue weighted by molar-refractivity contribution is -0.141. The fraction of sp³-hybridized carbons (Fsp3) is 0.300. The van der Waals surface area contributed by atoms with Gasteiger partial charge in [-0.1, -0.05) is 60.7 Å². The molecule has 4 aromatic carbocycles. The number of fused-ring (bicyclic) bond motifs is 1. The molecule has 1 saturated heterocycles. The van der Waals surface area contributed by atoms with Gasteiger partial charge >= 0.3 is 6.18 Å². The van der Waals surface area contributed by atoms with Gasteiger partial charge in [0.15, 0.2) is 17.1 Å². The molecule has 1 aromatic heterocycles. The zero-order valence-electron chi connectivity index (χ0n) is 28.5. The van der Waals surface area contributed by atoms with E-state index in [0.717, 1.165) is 54.9 Å². The largest absolute Gasteiger partial charge is 0.416 e. The second-order valence-corrected chi connectivity index (χ2v) is 13.7. The molecule has 0 N–H and O–H groups in total. The molecular weight excluding hydrogens is 698 g/mol. The smallest absolute Gasteiger partial charge is 0.383 e. The van der Waals surface area contributed by atoms with Gasteiger partial charge in [-0.3, -0.25) is 14.5 Å². The monoisotopic (exact) mass is 735 g/mol. The predicted molar refractivity (Wildman–Crippen MR) is 193 cm³/mol. The molecule has 12 heteroatoms. The van der Waals surface area contributed by atoms with E-state index in [1.165, 1.54) is 30.3 Å². The molecule has 1 atom stereocenters. The Morgan fingerprint density at radius 2 is 1.65 bits per heavy atom. The van der Waals surface area contributed by atoms with Crippen LogP contribution in [-0.4, -0.2) is 53.2 Å². The number of piperidine rings is 1. The van der Waals surface area contributed by atoms with E-state index in [2.05, 4.69) is 4.90 Å². The number of hydrogen-bond acceptors (Lipinski definition) is 5. The van der Waals surface area contributed by atoms with E-state index >= 15 is 0 Å². The van der Waals surface area contributed by atoms with Crippen molar-refractivity contribution in [3.8, 4) is 11.1 Å². The molecule has 0 bridgehead atoms. The van der Waals surface area contributed by atoms with E-state index in [1.54, 1.807) is 35.9 Å². The summed E-state index contributed by atoms with van der Waals surface area (Å²) in [5, 5.41) is 0.834. The van der Waals surface area contributed by atoms with Gasteiger partial charge in [-0.05, 0) is 66.3 Å². The Labute approximate surface area is 302 Å². The van der Waals surface area contributed by atoms with Crippen LogP contribution in [-0.2, 0) is 34.6 Å². The first kappa shape index (κ1) is 37.2. The van der Waals surface area contributed by atoms with E-state index < -0.39 is 23.4 Å². The third kappa shape index (κ3) is 8.40. The fourth-order valence-electron chi connectivity index (χ4n) is 6.74. The third-order valence-corrected chi connectivity index (χ3v) is 10.5. The van der Waals surface area contributed by atoms with Crippen molar-refractivity contribution in [3.63, 3.8) is 0 Å². The SMILES string of the molecule is COCCN1CCCCC1N(Cc1ccccc1-c1ccc(C(F)(F)F)cc1)C(=O)Cn1c(SCc2cccc(F)c2F)cc(=O)c2ccccc21. The van der Waals surface area contributed by atoms with Gasteiger partial charge < -0.3 is 14.2 Å². The molecule has 0 radical (unpaired) electrons. The van der Waals surface area contributed by atoms with Gasteiger partial charge in [0.2, 0.25) is 5.91 Å². The summed E-state index contributed by atoms with van der Waals surface area (Å²) in [4.78, 5) is 32.1. The average Bonchev–Trinajstić information content (AvgIpc) is 3.15. The molecule has 1 amide bonds. The third-order valence-electron chi connectivity index (χ3n) is 9.40. The fourth-order valence-corrected chi connectivity index (χ4v) is 7.78. The van der Waals surface area contributed by atoms with Crippen molar-refractivity contribution in [1.82, 2.24) is 14.4 Å². The van der Waals surface area contributed by atoms with Gasteiger partial charge in [-0.15, -0.1) is 11.8 Å². The summed E-state index contributed by atoms with van der Waals surface area (Å²) < 4.78 is 76.0. The Hall–Kier alpha value is -4.52. The van der Waals surface area contributed by atoms with Crippen LogP contribution in [0.3, 0.4) is 0 Å². The van der Waals surface area contributed by atoms with E-state index in [9.17, 15) is 31.5 Å². The quantitative estimate of drug-likeness (QED) is 0.0948. The number of carbonyl (C=O) groups is 1. The number of alkyl halides is 3. The highest BCUT2D eigenvalue weighted by Crippen LogP contribution is 2.34. The molecular formula is C40H38F5N3O3S. The number of thioether (sulfide) groups is 1. The maximum atomic E-state index is 14.8. The number of halogens is 5. The van der Waals surface area contributed by atoms with E-state index in [1.807, 2.05) is 29.2 Å². The molecule has 6 rings (SSSR count). The van der Waals surface area contributed by atoms with Gasteiger partial charge in [0.25, 0.3) is 0 Å². The highest BCUT2D eigenvalue weighted by molar-refractivity contribution is 7.98. The topological polar surface area (TPSA) is 54.8 Å². The molecule has 0 saturated carbocycles. The first-order valence-corrected chi connectivity index (χ1v) is 18.0. The number of likely N-dealkylation sites (tertiary alicyclic amines) is 1. The van der Waals surface area contributed by atoms with E-state index in [4.69, 9.17) is 4.74 Å². The van der Waals surface area contributed by atoms with Gasteiger partial charge in [0.05, 0.1) is 28.9 Å². The number of ether oxygens (including phenoxy) is 1. The lowest BCUT2D eigenvalue weighted by atomic mass is 9.97. The number of hydrogen-bond donors (Lipinski definition) is 0. The highest BCUT2D eigenvalue weighted by Gasteiger charge is 2.33. The summed E-state index contributed by atoms with van der Waals surface area (Å²) in [7, 11) is 1.62. The Kier molecular flexibility index (Phi) is 11.8. The average molecular weight is 736 g/mol. The molecule has 6 nitrogen and oxygen atoms in total. The number of methoxy groups -OCH3 is 1. The van der Waals surface area contributed by atoms with Crippen LogP contribution in [0.1, 0.15) is 36.0 Å². The van der Waals surface area contributed by atoms with E-state index in [-0.39, 0.29) is 41.9 Å². The minimum absolute atomic E-state index is 0.0210. The zero-order valence-corrected chi connectivity index (χ0v) is 29.4. The molecule has 1 aliphatic heterocycles. The van der Waals surface area contributed by atoms with Crippen LogP contribution in [0.5, 0.6) is 0 Å². The Morgan fingerprint density at radius 3 is 2.42 bits per heavy atom. The van der Waals surface area contributed by atoms with Crippen LogP contribution >= 0.6 is 11.8 Å².